The fourth-order valence-electron chi connectivity index (χ4n) is 3.72. The van der Waals surface area contributed by atoms with Gasteiger partial charge in [-0.1, -0.05) is 63.9 Å². The van der Waals surface area contributed by atoms with Gasteiger partial charge in [0.05, 0.1) is 12.2 Å². The van der Waals surface area contributed by atoms with Gasteiger partial charge in [0.1, 0.15) is 12.4 Å². The van der Waals surface area contributed by atoms with Crippen LogP contribution in [0.1, 0.15) is 56.9 Å². The molecule has 0 amide bonds. The van der Waals surface area contributed by atoms with Crippen molar-refractivity contribution in [3.05, 3.63) is 70.9 Å². The second-order valence-corrected chi connectivity index (χ2v) is 12.0. The number of thiazole rings is 1. The summed E-state index contributed by atoms with van der Waals surface area (Å²) in [7, 11) is -3.86. The number of unbranched alkanes of at least 4 members (excludes halogenated alkanes) is 1. The third-order valence-electron chi connectivity index (χ3n) is 5.79. The van der Waals surface area contributed by atoms with Crippen molar-refractivity contribution < 1.29 is 18.3 Å². The Morgan fingerprint density at radius 3 is 2.51 bits per heavy atom. The van der Waals surface area contributed by atoms with Crippen LogP contribution in [0.3, 0.4) is 0 Å². The van der Waals surface area contributed by atoms with E-state index in [1.807, 2.05) is 12.1 Å². The maximum absolute atomic E-state index is 13.4. The molecule has 0 aliphatic carbocycles. The van der Waals surface area contributed by atoms with E-state index in [-0.39, 0.29) is 29.4 Å². The predicted molar refractivity (Wildman–Crippen MR) is 138 cm³/mol. The maximum atomic E-state index is 13.4. The highest BCUT2D eigenvalue weighted by Crippen LogP contribution is 2.30. The van der Waals surface area contributed by atoms with Gasteiger partial charge >= 0.3 is 5.97 Å². The van der Waals surface area contributed by atoms with E-state index in [1.165, 1.54) is 16.1 Å². The van der Waals surface area contributed by atoms with Crippen molar-refractivity contribution in [3.8, 4) is 0 Å². The van der Waals surface area contributed by atoms with E-state index in [4.69, 9.17) is 5.11 Å². The summed E-state index contributed by atoms with van der Waals surface area (Å²) in [5, 5.41) is 13.2. The molecule has 2 N–H and O–H groups in total. The summed E-state index contributed by atoms with van der Waals surface area (Å²) in [5.41, 5.74) is 2.63. The monoisotopic (exact) mass is 516 g/mol. The summed E-state index contributed by atoms with van der Waals surface area (Å²) >= 11 is 1.07. The lowest BCUT2D eigenvalue weighted by Gasteiger charge is -2.26. The van der Waals surface area contributed by atoms with Crippen LogP contribution < -0.4 is 5.32 Å². The minimum atomic E-state index is -3.86. The third kappa shape index (κ3) is 7.33. The largest absolute Gasteiger partial charge is 0.480 e. The molecule has 0 unspecified atom stereocenters. The number of carboxylic acid groups (broad SMARTS) is 1. The topological polar surface area (TPSA) is 112 Å². The zero-order valence-electron chi connectivity index (χ0n) is 20.3. The summed E-state index contributed by atoms with van der Waals surface area (Å²) < 4.78 is 28.2. The van der Waals surface area contributed by atoms with Gasteiger partial charge in [-0.2, -0.15) is 4.31 Å². The van der Waals surface area contributed by atoms with Gasteiger partial charge in [-0.05, 0) is 35.1 Å². The summed E-state index contributed by atoms with van der Waals surface area (Å²) in [6.07, 6.45) is 4.86. The SMILES string of the molecule is CCCCC(C)(C)c1ccc(CN(Cc2cccc(NCC(=O)O)n2)S(=O)(=O)c2nccs2)cc1. The number of nitrogens with zero attached hydrogens (tertiary/aromatic N) is 3. The number of benzene rings is 1. The molecule has 188 valence electrons. The molecule has 2 heterocycles. The molecule has 0 fully saturated rings. The van der Waals surface area contributed by atoms with Crippen LogP contribution in [0.15, 0.2) is 58.4 Å². The number of aromatic nitrogens is 2. The lowest BCUT2D eigenvalue weighted by molar-refractivity contribution is -0.134. The highest BCUT2D eigenvalue weighted by Gasteiger charge is 2.28. The van der Waals surface area contributed by atoms with Gasteiger partial charge in [0, 0.05) is 18.1 Å². The summed E-state index contributed by atoms with van der Waals surface area (Å²) in [5.74, 6) is -0.637. The molecule has 2 aromatic heterocycles. The van der Waals surface area contributed by atoms with Crippen LogP contribution in [0, 0.1) is 0 Å². The fraction of sp³-hybridized carbons (Fsp3) is 0.400. The zero-order valence-corrected chi connectivity index (χ0v) is 21.9. The van der Waals surface area contributed by atoms with Gasteiger partial charge in [0.2, 0.25) is 4.34 Å². The lowest BCUT2D eigenvalue weighted by atomic mass is 9.80. The van der Waals surface area contributed by atoms with Crippen LogP contribution in [0.25, 0.3) is 0 Å². The number of rotatable bonds is 13. The molecule has 35 heavy (non-hydrogen) atoms. The van der Waals surface area contributed by atoms with Crippen molar-refractivity contribution in [1.29, 1.82) is 0 Å². The maximum Gasteiger partial charge on any atom is 0.322 e. The first kappa shape index (κ1) is 26.8. The molecule has 1 aromatic carbocycles. The van der Waals surface area contributed by atoms with E-state index in [0.717, 1.165) is 36.2 Å². The third-order valence-corrected chi connectivity index (χ3v) is 8.76. The number of anilines is 1. The molecule has 0 spiro atoms. The minimum Gasteiger partial charge on any atom is -0.480 e. The van der Waals surface area contributed by atoms with Crippen LogP contribution in [0.4, 0.5) is 5.82 Å². The van der Waals surface area contributed by atoms with Crippen molar-refractivity contribution in [2.75, 3.05) is 11.9 Å². The molecular formula is C25H32N4O4S2. The predicted octanol–water partition coefficient (Wildman–Crippen LogP) is 4.89. The average molecular weight is 517 g/mol. The Labute approximate surface area is 211 Å². The second kappa shape index (κ2) is 11.7. The first-order valence-corrected chi connectivity index (χ1v) is 13.8. The standard InChI is InChI=1S/C25H32N4O4S2/c1-4-5-13-25(2,3)20-11-9-19(10-12-20)17-29(35(32,33)24-26-14-15-34-24)18-21-7-6-8-22(28-21)27-16-23(30)31/h6-12,14-15H,4-5,13,16-18H2,1-3H3,(H,27,28)(H,30,31). The number of hydrogen-bond acceptors (Lipinski definition) is 7. The zero-order chi connectivity index (χ0) is 25.5. The molecule has 3 aromatic rings. The van der Waals surface area contributed by atoms with Crippen molar-refractivity contribution in [2.45, 2.75) is 62.9 Å². The van der Waals surface area contributed by atoms with E-state index in [0.29, 0.717) is 11.5 Å². The van der Waals surface area contributed by atoms with Gasteiger partial charge in [0.25, 0.3) is 10.0 Å². The Bertz CT molecular complexity index is 1210. The molecule has 0 bridgehead atoms. The molecule has 8 nitrogen and oxygen atoms in total. The van der Waals surface area contributed by atoms with Crippen LogP contribution in [0.5, 0.6) is 0 Å². The molecule has 0 saturated heterocycles. The Kier molecular flexibility index (Phi) is 8.98. The lowest BCUT2D eigenvalue weighted by Crippen LogP contribution is -2.30. The van der Waals surface area contributed by atoms with Crippen molar-refractivity contribution in [2.24, 2.45) is 0 Å². The Balaban J connectivity index is 1.85. The molecule has 0 saturated carbocycles. The van der Waals surface area contributed by atoms with Crippen LogP contribution in [-0.2, 0) is 33.3 Å². The summed E-state index contributed by atoms with van der Waals surface area (Å²) in [6, 6.07) is 13.2. The number of sulfonamides is 1. The number of aliphatic carboxylic acids is 1. The van der Waals surface area contributed by atoms with Gasteiger partial charge in [-0.25, -0.2) is 18.4 Å². The van der Waals surface area contributed by atoms with Gasteiger partial charge in [-0.15, -0.1) is 11.3 Å². The summed E-state index contributed by atoms with van der Waals surface area (Å²) in [4.78, 5) is 19.3. The Morgan fingerprint density at radius 1 is 1.14 bits per heavy atom. The summed E-state index contributed by atoms with van der Waals surface area (Å²) in [6.45, 7) is 6.55. The molecule has 10 heteroatoms. The van der Waals surface area contributed by atoms with Gasteiger partial charge in [-0.3, -0.25) is 4.79 Å². The van der Waals surface area contributed by atoms with Gasteiger partial charge in [0.15, 0.2) is 0 Å². The second-order valence-electron chi connectivity index (χ2n) is 9.02. The highest BCUT2D eigenvalue weighted by atomic mass is 32.2. The van der Waals surface area contributed by atoms with Crippen LogP contribution in [0.2, 0.25) is 0 Å². The van der Waals surface area contributed by atoms with Crippen molar-refractivity contribution in [1.82, 2.24) is 14.3 Å². The van der Waals surface area contributed by atoms with E-state index in [1.54, 1.807) is 23.6 Å². The average Bonchev–Trinajstić information content (AvgIpc) is 3.38. The fourth-order valence-corrected chi connectivity index (χ4v) is 6.08. The first-order valence-electron chi connectivity index (χ1n) is 11.5. The van der Waals surface area contributed by atoms with Crippen LogP contribution >= 0.6 is 11.3 Å². The number of carboxylic acids is 1. The van der Waals surface area contributed by atoms with E-state index in [2.05, 4.69) is 48.2 Å². The van der Waals surface area contributed by atoms with Gasteiger partial charge < -0.3 is 10.4 Å². The first-order chi connectivity index (χ1) is 16.6. The van der Waals surface area contributed by atoms with Crippen LogP contribution in [-0.4, -0.2) is 40.3 Å². The number of carbonyl (C=O) groups is 1. The molecule has 0 radical (unpaired) electrons. The quantitative estimate of drug-likeness (QED) is 0.332. The van der Waals surface area contributed by atoms with E-state index < -0.39 is 16.0 Å². The molecule has 0 aliphatic rings. The van der Waals surface area contributed by atoms with Crippen molar-refractivity contribution in [3.63, 3.8) is 0 Å². The smallest absolute Gasteiger partial charge is 0.322 e. The number of pyridine rings is 1. The molecule has 0 aliphatic heterocycles. The molecule has 0 atom stereocenters. The minimum absolute atomic E-state index is 0.0221. The molecule has 3 rings (SSSR count). The highest BCUT2D eigenvalue weighted by molar-refractivity contribution is 7.91. The molecular weight excluding hydrogens is 484 g/mol. The van der Waals surface area contributed by atoms with Crippen molar-refractivity contribution >= 4 is 33.1 Å². The number of nitrogens with one attached hydrogen (secondary N) is 1. The Hall–Kier alpha value is -2.82. The van der Waals surface area contributed by atoms with E-state index >= 15 is 0 Å². The van der Waals surface area contributed by atoms with E-state index in [9.17, 15) is 13.2 Å². The normalized spacial score (nSPS) is 12.1. The Morgan fingerprint density at radius 2 is 1.89 bits per heavy atom. The number of hydrogen-bond donors (Lipinski definition) is 2.